The van der Waals surface area contributed by atoms with Crippen LogP contribution in [0, 0.1) is 0 Å². The Morgan fingerprint density at radius 1 is 1.16 bits per heavy atom. The van der Waals surface area contributed by atoms with Gasteiger partial charge in [0.25, 0.3) is 11.8 Å². The predicted octanol–water partition coefficient (Wildman–Crippen LogP) is 0.360. The fraction of sp³-hybridized carbons (Fsp3) is 0.524. The summed E-state index contributed by atoms with van der Waals surface area (Å²) in [6.45, 7) is 5.18. The SMILES string of the molecule is CC1(C)NC(=O)N(CCC(=O)N2C[C@H](C(=O)N3CCOCC3)Oc3ccccc32)C1=O. The van der Waals surface area contributed by atoms with Gasteiger partial charge in [0.15, 0.2) is 6.10 Å². The van der Waals surface area contributed by atoms with Crippen molar-refractivity contribution in [2.75, 3.05) is 44.3 Å². The van der Waals surface area contributed by atoms with Crippen molar-refractivity contribution in [1.82, 2.24) is 15.1 Å². The van der Waals surface area contributed by atoms with Crippen LogP contribution >= 0.6 is 0 Å². The lowest BCUT2D eigenvalue weighted by Gasteiger charge is -2.37. The Labute approximate surface area is 180 Å². The molecule has 0 spiro atoms. The molecule has 10 heteroatoms. The molecule has 1 atom stereocenters. The number of carbonyl (C=O) groups is 4. The molecule has 1 N–H and O–H groups in total. The largest absolute Gasteiger partial charge is 0.476 e. The number of ether oxygens (including phenoxy) is 2. The highest BCUT2D eigenvalue weighted by Gasteiger charge is 2.44. The normalized spacial score (nSPS) is 22.6. The topological polar surface area (TPSA) is 108 Å². The number of nitrogens with zero attached hydrogens (tertiary/aromatic N) is 3. The number of hydrogen-bond donors (Lipinski definition) is 1. The average Bonchev–Trinajstić information content (AvgIpc) is 2.97. The van der Waals surface area contributed by atoms with E-state index in [4.69, 9.17) is 9.47 Å². The first-order valence-corrected chi connectivity index (χ1v) is 10.3. The molecule has 2 fully saturated rings. The number of imide groups is 1. The van der Waals surface area contributed by atoms with Gasteiger partial charge in [-0.2, -0.15) is 0 Å². The number of rotatable bonds is 4. The van der Waals surface area contributed by atoms with E-state index in [0.29, 0.717) is 37.7 Å². The summed E-state index contributed by atoms with van der Waals surface area (Å²) >= 11 is 0. The van der Waals surface area contributed by atoms with Crippen molar-refractivity contribution >= 4 is 29.4 Å². The minimum Gasteiger partial charge on any atom is -0.476 e. The molecule has 3 heterocycles. The molecular weight excluding hydrogens is 404 g/mol. The number of hydrogen-bond acceptors (Lipinski definition) is 6. The molecule has 3 aliphatic rings. The molecule has 2 saturated heterocycles. The van der Waals surface area contributed by atoms with Gasteiger partial charge >= 0.3 is 6.03 Å². The molecule has 10 nitrogen and oxygen atoms in total. The molecule has 0 radical (unpaired) electrons. The monoisotopic (exact) mass is 430 g/mol. The third-order valence-corrected chi connectivity index (χ3v) is 5.67. The molecule has 4 rings (SSSR count). The smallest absolute Gasteiger partial charge is 0.325 e. The Morgan fingerprint density at radius 2 is 1.87 bits per heavy atom. The standard InChI is InChI=1S/C21H26N4O6/c1-21(2)19(28)24(20(29)22-21)8-7-17(26)25-13-16(18(27)23-9-11-30-12-10-23)31-15-6-4-3-5-14(15)25/h3-6,16H,7-13H2,1-2H3,(H,22,29)/t16-/m1/s1. The zero-order valence-electron chi connectivity index (χ0n) is 17.6. The van der Waals surface area contributed by atoms with Crippen LogP contribution in [0.2, 0.25) is 0 Å². The number of carbonyl (C=O) groups excluding carboxylic acids is 4. The van der Waals surface area contributed by atoms with E-state index in [2.05, 4.69) is 5.32 Å². The minimum absolute atomic E-state index is 0.0332. The van der Waals surface area contributed by atoms with Crippen molar-refractivity contribution < 1.29 is 28.7 Å². The van der Waals surface area contributed by atoms with Crippen molar-refractivity contribution in [3.05, 3.63) is 24.3 Å². The Hall–Kier alpha value is -3.14. The minimum atomic E-state index is -0.985. The molecule has 166 valence electrons. The number of nitrogens with one attached hydrogen (secondary N) is 1. The molecule has 1 aromatic rings. The van der Waals surface area contributed by atoms with Crippen LogP contribution in [0.3, 0.4) is 0 Å². The molecule has 31 heavy (non-hydrogen) atoms. The van der Waals surface area contributed by atoms with Crippen LogP contribution in [-0.2, 0) is 19.1 Å². The van der Waals surface area contributed by atoms with Crippen molar-refractivity contribution in [1.29, 1.82) is 0 Å². The summed E-state index contributed by atoms with van der Waals surface area (Å²) in [6, 6.07) is 6.52. The quantitative estimate of drug-likeness (QED) is 0.691. The van der Waals surface area contributed by atoms with Crippen LogP contribution in [0.15, 0.2) is 24.3 Å². The molecule has 5 amide bonds. The zero-order valence-corrected chi connectivity index (χ0v) is 17.6. The lowest BCUT2D eigenvalue weighted by molar-refractivity contribution is -0.142. The van der Waals surface area contributed by atoms with Crippen LogP contribution < -0.4 is 15.0 Å². The summed E-state index contributed by atoms with van der Waals surface area (Å²) in [7, 11) is 0. The van der Waals surface area contributed by atoms with E-state index in [9.17, 15) is 19.2 Å². The van der Waals surface area contributed by atoms with Gasteiger partial charge in [0.05, 0.1) is 25.4 Å². The highest BCUT2D eigenvalue weighted by molar-refractivity contribution is 6.07. The maximum Gasteiger partial charge on any atom is 0.325 e. The van der Waals surface area contributed by atoms with E-state index >= 15 is 0 Å². The summed E-state index contributed by atoms with van der Waals surface area (Å²) in [6.07, 6.45) is -0.880. The van der Waals surface area contributed by atoms with Crippen LogP contribution in [0.5, 0.6) is 5.75 Å². The lowest BCUT2D eigenvalue weighted by Crippen LogP contribution is -2.54. The highest BCUT2D eigenvalue weighted by atomic mass is 16.5. The van der Waals surface area contributed by atoms with E-state index in [0.717, 1.165) is 4.90 Å². The van der Waals surface area contributed by atoms with Crippen LogP contribution in [0.25, 0.3) is 0 Å². The number of anilines is 1. The van der Waals surface area contributed by atoms with Gasteiger partial charge in [0, 0.05) is 26.1 Å². The summed E-state index contributed by atoms with van der Waals surface area (Å²) in [5.74, 6) is -0.398. The van der Waals surface area contributed by atoms with Crippen LogP contribution in [0.1, 0.15) is 20.3 Å². The van der Waals surface area contributed by atoms with Crippen molar-refractivity contribution in [2.24, 2.45) is 0 Å². The second kappa shape index (κ2) is 8.18. The average molecular weight is 430 g/mol. The zero-order chi connectivity index (χ0) is 22.2. The fourth-order valence-corrected chi connectivity index (χ4v) is 3.95. The van der Waals surface area contributed by atoms with Crippen LogP contribution in [0.4, 0.5) is 10.5 Å². The second-order valence-corrected chi connectivity index (χ2v) is 8.28. The first-order valence-electron chi connectivity index (χ1n) is 10.3. The Balaban J connectivity index is 1.48. The van der Waals surface area contributed by atoms with E-state index < -0.39 is 17.7 Å². The maximum atomic E-state index is 13.1. The van der Waals surface area contributed by atoms with Gasteiger partial charge in [-0.25, -0.2) is 4.79 Å². The van der Waals surface area contributed by atoms with E-state index in [1.807, 2.05) is 0 Å². The van der Waals surface area contributed by atoms with E-state index in [1.165, 1.54) is 4.90 Å². The first-order chi connectivity index (χ1) is 14.8. The third kappa shape index (κ3) is 4.07. The van der Waals surface area contributed by atoms with Crippen molar-refractivity contribution in [2.45, 2.75) is 31.9 Å². The number of fused-ring (bicyclic) bond motifs is 1. The van der Waals surface area contributed by atoms with Gasteiger partial charge in [-0.1, -0.05) is 12.1 Å². The van der Waals surface area contributed by atoms with E-state index in [1.54, 1.807) is 43.0 Å². The molecular formula is C21H26N4O6. The predicted molar refractivity (Wildman–Crippen MR) is 110 cm³/mol. The summed E-state index contributed by atoms with van der Waals surface area (Å²) in [5.41, 5.74) is -0.419. The van der Waals surface area contributed by atoms with Gasteiger partial charge in [-0.15, -0.1) is 0 Å². The molecule has 0 bridgehead atoms. The Morgan fingerprint density at radius 3 is 2.55 bits per heavy atom. The number of urea groups is 1. The van der Waals surface area contributed by atoms with Gasteiger partial charge in [-0.3, -0.25) is 19.3 Å². The first kappa shape index (κ1) is 21.1. The molecule has 0 aliphatic carbocycles. The van der Waals surface area contributed by atoms with Gasteiger partial charge in [0.2, 0.25) is 5.91 Å². The molecule has 0 saturated carbocycles. The molecule has 0 unspecified atom stereocenters. The summed E-state index contributed by atoms with van der Waals surface area (Å²) in [4.78, 5) is 54.8. The number of benzene rings is 1. The second-order valence-electron chi connectivity index (χ2n) is 8.28. The molecule has 1 aromatic carbocycles. The van der Waals surface area contributed by atoms with Gasteiger partial charge in [0.1, 0.15) is 11.3 Å². The Bertz CT molecular complexity index is 911. The highest BCUT2D eigenvalue weighted by Crippen LogP contribution is 2.34. The number of morpholine rings is 1. The Kier molecular flexibility index (Phi) is 5.57. The maximum absolute atomic E-state index is 13.1. The van der Waals surface area contributed by atoms with Crippen LogP contribution in [-0.4, -0.2) is 84.6 Å². The van der Waals surface area contributed by atoms with Gasteiger partial charge < -0.3 is 24.6 Å². The summed E-state index contributed by atoms with van der Waals surface area (Å²) < 4.78 is 11.2. The van der Waals surface area contributed by atoms with Crippen molar-refractivity contribution in [3.63, 3.8) is 0 Å². The molecule has 3 aliphatic heterocycles. The fourth-order valence-electron chi connectivity index (χ4n) is 3.95. The number of para-hydroxylation sites is 2. The van der Waals surface area contributed by atoms with E-state index in [-0.39, 0.29) is 37.2 Å². The van der Waals surface area contributed by atoms with Crippen molar-refractivity contribution in [3.8, 4) is 5.75 Å². The van der Waals surface area contributed by atoms with Gasteiger partial charge in [-0.05, 0) is 26.0 Å². The lowest BCUT2D eigenvalue weighted by atomic mass is 10.1. The molecule has 0 aromatic heterocycles. The third-order valence-electron chi connectivity index (χ3n) is 5.67. The summed E-state index contributed by atoms with van der Waals surface area (Å²) in [5, 5.41) is 2.60. The number of amides is 5.